The number of nitrogens with one attached hydrogen (secondary N) is 1. The molecule has 2 aromatic heterocycles. The van der Waals surface area contributed by atoms with E-state index in [4.69, 9.17) is 24.7 Å². The Morgan fingerprint density at radius 2 is 1.60 bits per heavy atom. The summed E-state index contributed by atoms with van der Waals surface area (Å²) in [6, 6.07) is 24.9. The highest BCUT2D eigenvalue weighted by molar-refractivity contribution is 5.89. The number of benzene rings is 3. The number of methoxy groups -OCH3 is 2. The van der Waals surface area contributed by atoms with E-state index in [1.807, 2.05) is 78.9 Å². The molecule has 1 fully saturated rings. The van der Waals surface area contributed by atoms with Gasteiger partial charge in [-0.1, -0.05) is 68.4 Å². The van der Waals surface area contributed by atoms with Gasteiger partial charge >= 0.3 is 0 Å². The number of rotatable bonds is 11. The Balaban J connectivity index is 1.45. The first kappa shape index (κ1) is 31.9. The molecular weight excluding hydrogens is 602 g/mol. The average molecular weight is 640 g/mol. The van der Waals surface area contributed by atoms with E-state index >= 15 is 0 Å². The van der Waals surface area contributed by atoms with Gasteiger partial charge in [0.05, 0.1) is 26.9 Å². The fourth-order valence-corrected chi connectivity index (χ4v) is 6.29. The number of aromatic amines is 1. The highest BCUT2D eigenvalue weighted by atomic mass is 16.6. The van der Waals surface area contributed by atoms with E-state index in [0.717, 1.165) is 16.7 Å². The second-order valence-electron chi connectivity index (χ2n) is 11.8. The molecule has 0 saturated carbocycles. The maximum Gasteiger partial charge on any atom is 0.280 e. The first-order chi connectivity index (χ1) is 22.6. The van der Waals surface area contributed by atoms with Crippen molar-refractivity contribution in [3.8, 4) is 11.5 Å². The van der Waals surface area contributed by atoms with Crippen LogP contribution in [0.3, 0.4) is 0 Å². The number of nitrogens with two attached hydrogens (primary N) is 1. The first-order valence-corrected chi connectivity index (χ1v) is 15.2. The zero-order chi connectivity index (χ0) is 33.3. The lowest BCUT2D eigenvalue weighted by Crippen LogP contribution is -2.45. The van der Waals surface area contributed by atoms with E-state index in [9.17, 15) is 14.7 Å². The highest BCUT2D eigenvalue weighted by Crippen LogP contribution is 2.44. The zero-order valence-electron chi connectivity index (χ0n) is 26.5. The van der Waals surface area contributed by atoms with Crippen molar-refractivity contribution in [2.75, 3.05) is 26.6 Å². The summed E-state index contributed by atoms with van der Waals surface area (Å²) in [4.78, 5) is 37.5. The van der Waals surface area contributed by atoms with Crippen LogP contribution in [-0.4, -0.2) is 63.4 Å². The number of aromatic nitrogens is 4. The van der Waals surface area contributed by atoms with Gasteiger partial charge in [0.25, 0.3) is 5.56 Å². The molecule has 3 atom stereocenters. The molecule has 1 aliphatic rings. The van der Waals surface area contributed by atoms with Crippen LogP contribution in [0.25, 0.3) is 11.2 Å². The summed E-state index contributed by atoms with van der Waals surface area (Å²) >= 11 is 0. The van der Waals surface area contributed by atoms with Crippen molar-refractivity contribution in [1.82, 2.24) is 19.5 Å². The molecule has 0 spiro atoms. The quantitative estimate of drug-likeness (QED) is 0.181. The molecule has 244 valence electrons. The number of nitrogen functional groups attached to an aromatic ring is 1. The summed E-state index contributed by atoms with van der Waals surface area (Å²) in [6.45, 7) is 3.36. The Labute approximate surface area is 271 Å². The molecule has 0 unspecified atom stereocenters. The fourth-order valence-electron chi connectivity index (χ4n) is 6.29. The van der Waals surface area contributed by atoms with Crippen LogP contribution >= 0.6 is 0 Å². The lowest BCUT2D eigenvalue weighted by Gasteiger charge is -2.37. The van der Waals surface area contributed by atoms with Gasteiger partial charge in [-0.2, -0.15) is 4.98 Å². The van der Waals surface area contributed by atoms with Gasteiger partial charge < -0.3 is 29.8 Å². The Morgan fingerprint density at radius 3 is 2.15 bits per heavy atom. The summed E-state index contributed by atoms with van der Waals surface area (Å²) < 4.78 is 25.8. The molecule has 6 rings (SSSR count). The van der Waals surface area contributed by atoms with Crippen LogP contribution < -0.4 is 20.8 Å². The van der Waals surface area contributed by atoms with Crippen molar-refractivity contribution in [1.29, 1.82) is 0 Å². The molecule has 3 aromatic carbocycles. The number of anilines is 1. The van der Waals surface area contributed by atoms with Crippen LogP contribution in [0.2, 0.25) is 0 Å². The number of carbonyl (C=O) groups is 1. The third kappa shape index (κ3) is 5.54. The number of nitrogens with zero attached hydrogens (tertiary/aromatic N) is 3. The minimum absolute atomic E-state index is 0.00460. The molecule has 47 heavy (non-hydrogen) atoms. The minimum Gasteiger partial charge on any atom is -0.497 e. The number of H-pyrrole nitrogens is 1. The third-order valence-electron chi connectivity index (χ3n) is 8.62. The van der Waals surface area contributed by atoms with Crippen LogP contribution in [0, 0.1) is 5.92 Å². The normalized spacial score (nSPS) is 19.7. The Kier molecular flexibility index (Phi) is 8.58. The number of carbonyl (C=O) groups excluding carboxylic acids is 1. The van der Waals surface area contributed by atoms with Crippen LogP contribution in [0.5, 0.6) is 11.5 Å². The van der Waals surface area contributed by atoms with Crippen molar-refractivity contribution in [2.24, 2.45) is 5.92 Å². The van der Waals surface area contributed by atoms with Crippen LogP contribution in [0.4, 0.5) is 5.95 Å². The van der Waals surface area contributed by atoms with Gasteiger partial charge in [-0.15, -0.1) is 0 Å². The van der Waals surface area contributed by atoms with E-state index in [1.54, 1.807) is 28.1 Å². The van der Waals surface area contributed by atoms with Gasteiger partial charge in [0.2, 0.25) is 11.7 Å². The molecule has 1 saturated heterocycles. The minimum atomic E-state index is -1.72. The summed E-state index contributed by atoms with van der Waals surface area (Å²) in [5.41, 5.74) is 4.90. The van der Waals surface area contributed by atoms with Crippen molar-refractivity contribution >= 4 is 22.9 Å². The number of aliphatic hydroxyl groups excluding tert-OH is 1. The predicted molar refractivity (Wildman–Crippen MR) is 174 cm³/mol. The summed E-state index contributed by atoms with van der Waals surface area (Å²) in [5, 5.41) is 11.5. The SMILES string of the molecule is COc1ccc(C(OC[C@H]2O[C@@](C(=O)C(C)C)(n3cnc4c(=O)[nH]c(N)nc43)C[C@@H]2O)(c2ccccc2)c2ccc(OC)cc2)cc1. The van der Waals surface area contributed by atoms with Crippen molar-refractivity contribution in [2.45, 2.75) is 43.8 Å². The van der Waals surface area contributed by atoms with Crippen LogP contribution in [0.15, 0.2) is 90.0 Å². The number of imidazole rings is 1. The second-order valence-corrected chi connectivity index (χ2v) is 11.8. The average Bonchev–Trinajstić information content (AvgIpc) is 3.67. The smallest absolute Gasteiger partial charge is 0.280 e. The molecule has 12 heteroatoms. The summed E-state index contributed by atoms with van der Waals surface area (Å²) in [7, 11) is 3.21. The van der Waals surface area contributed by atoms with Crippen molar-refractivity contribution in [3.05, 3.63) is 112 Å². The Hall–Kier alpha value is -5.04. The number of ketones is 1. The predicted octanol–water partition coefficient (Wildman–Crippen LogP) is 3.76. The maximum atomic E-state index is 14.0. The number of ether oxygens (including phenoxy) is 4. The number of aliphatic hydroxyl groups is 1. The third-order valence-corrected chi connectivity index (χ3v) is 8.62. The van der Waals surface area contributed by atoms with Gasteiger partial charge in [0, 0.05) is 12.3 Å². The number of Topliss-reactive ketones (excluding diaryl/α,β-unsaturated/α-hetero) is 1. The second kappa shape index (κ2) is 12.6. The lowest BCUT2D eigenvalue weighted by atomic mass is 9.80. The molecular formula is C35H37N5O7. The number of hydrogen-bond acceptors (Lipinski definition) is 10. The van der Waals surface area contributed by atoms with E-state index in [1.165, 1.54) is 10.9 Å². The van der Waals surface area contributed by atoms with E-state index in [-0.39, 0.29) is 35.9 Å². The van der Waals surface area contributed by atoms with E-state index in [2.05, 4.69) is 15.0 Å². The van der Waals surface area contributed by atoms with Gasteiger partial charge in [0.15, 0.2) is 16.9 Å². The van der Waals surface area contributed by atoms with Gasteiger partial charge in [-0.25, -0.2) is 4.98 Å². The monoisotopic (exact) mass is 639 g/mol. The molecule has 4 N–H and O–H groups in total. The lowest BCUT2D eigenvalue weighted by molar-refractivity contribution is -0.169. The van der Waals surface area contributed by atoms with E-state index < -0.39 is 35.0 Å². The van der Waals surface area contributed by atoms with Crippen molar-refractivity contribution in [3.63, 3.8) is 0 Å². The zero-order valence-corrected chi connectivity index (χ0v) is 26.5. The maximum absolute atomic E-state index is 14.0. The topological polar surface area (TPSA) is 164 Å². The van der Waals surface area contributed by atoms with Crippen molar-refractivity contribution < 1.29 is 28.8 Å². The largest absolute Gasteiger partial charge is 0.497 e. The van der Waals surface area contributed by atoms with Crippen LogP contribution in [0.1, 0.15) is 37.0 Å². The standard InChI is InChI=1S/C35H37N5O7/c1-21(2)30(42)34(40-20-37-29-31(40)38-33(36)39-32(29)43)18-27(41)28(47-34)19-46-35(22-8-6-5-7-9-22,23-10-14-25(44-3)15-11-23)24-12-16-26(45-4)17-13-24/h5-17,20-21,27-28,41H,18-19H2,1-4H3,(H3,36,38,39,43)/t27-,28+,34-/m0/s1. The first-order valence-electron chi connectivity index (χ1n) is 15.2. The fraction of sp³-hybridized carbons (Fsp3) is 0.314. The van der Waals surface area contributed by atoms with Crippen LogP contribution in [-0.2, 0) is 25.6 Å². The molecule has 0 radical (unpaired) electrons. The summed E-state index contributed by atoms with van der Waals surface area (Å²) in [5.74, 6) is 0.399. The Morgan fingerprint density at radius 1 is 1.02 bits per heavy atom. The number of fused-ring (bicyclic) bond motifs is 1. The van der Waals surface area contributed by atoms with E-state index in [0.29, 0.717) is 11.5 Å². The highest BCUT2D eigenvalue weighted by Gasteiger charge is 2.54. The molecule has 1 aliphatic heterocycles. The molecule has 0 amide bonds. The molecule has 0 aliphatic carbocycles. The van der Waals surface area contributed by atoms with Gasteiger partial charge in [-0.3, -0.25) is 19.1 Å². The number of hydrogen-bond donors (Lipinski definition) is 3. The molecule has 5 aromatic rings. The Bertz CT molecular complexity index is 1880. The molecule has 3 heterocycles. The summed E-state index contributed by atoms with van der Waals surface area (Å²) in [6.07, 6.45) is -0.892. The van der Waals surface area contributed by atoms with Gasteiger partial charge in [0.1, 0.15) is 29.5 Å². The molecule has 12 nitrogen and oxygen atoms in total. The van der Waals surface area contributed by atoms with Gasteiger partial charge in [-0.05, 0) is 41.0 Å². The molecule has 0 bridgehead atoms.